The number of fused-ring (bicyclic) bond motifs is 2. The molecule has 13 heteroatoms. The van der Waals surface area contributed by atoms with Crippen molar-refractivity contribution in [2.24, 2.45) is 5.10 Å². The monoisotopic (exact) mass is 645 g/mol. The number of benzene rings is 3. The molecule has 0 radical (unpaired) electrons. The summed E-state index contributed by atoms with van der Waals surface area (Å²) < 4.78 is 18.9. The van der Waals surface area contributed by atoms with Crippen molar-refractivity contribution in [3.63, 3.8) is 0 Å². The molecule has 0 N–H and O–H groups in total. The van der Waals surface area contributed by atoms with Gasteiger partial charge in [0.1, 0.15) is 16.8 Å². The highest BCUT2D eigenvalue weighted by Crippen LogP contribution is 2.44. The molecule has 6 rings (SSSR count). The van der Waals surface area contributed by atoms with Crippen LogP contribution in [0.15, 0.2) is 97.8 Å². The maximum absolute atomic E-state index is 13.6. The minimum absolute atomic E-state index is 0.0679. The Morgan fingerprint density at radius 1 is 1.12 bits per heavy atom. The van der Waals surface area contributed by atoms with E-state index in [2.05, 4.69) is 31.0 Å². The standard InChI is InChI=1S/C29H17BrClN5O6/c1-40-22-13-17(25(30)26(31)27(22)42-24-11-10-18(15-32-24)36(38)39)14-33-35-28(23-12-16-6-2-5-9-21(16)41-23)34-20-8-4-3-7-19(20)29(35)37/h2-15H,1H3. The van der Waals surface area contributed by atoms with Crippen LogP contribution in [-0.4, -0.2) is 32.9 Å². The number of para-hydroxylation sites is 2. The van der Waals surface area contributed by atoms with Gasteiger partial charge in [-0.3, -0.25) is 14.9 Å². The summed E-state index contributed by atoms with van der Waals surface area (Å²) in [7, 11) is 1.42. The van der Waals surface area contributed by atoms with Gasteiger partial charge in [0.2, 0.25) is 11.7 Å². The van der Waals surface area contributed by atoms with Gasteiger partial charge in [-0.2, -0.15) is 9.78 Å². The van der Waals surface area contributed by atoms with E-state index in [0.717, 1.165) is 16.3 Å². The average Bonchev–Trinajstić information content (AvgIpc) is 3.44. The number of pyridine rings is 1. The Bertz CT molecular complexity index is 2060. The normalized spacial score (nSPS) is 11.4. The third-order valence-electron chi connectivity index (χ3n) is 6.23. The van der Waals surface area contributed by atoms with Crippen LogP contribution in [0.25, 0.3) is 33.5 Å². The second kappa shape index (κ2) is 11.1. The van der Waals surface area contributed by atoms with Gasteiger partial charge in [0.05, 0.1) is 29.2 Å². The number of hydrogen-bond acceptors (Lipinski definition) is 9. The summed E-state index contributed by atoms with van der Waals surface area (Å²) in [5, 5.41) is 16.8. The van der Waals surface area contributed by atoms with Gasteiger partial charge in [0.25, 0.3) is 11.2 Å². The Labute approximate surface area is 249 Å². The van der Waals surface area contributed by atoms with Crippen molar-refractivity contribution in [1.29, 1.82) is 0 Å². The Hall–Kier alpha value is -5.07. The lowest BCUT2D eigenvalue weighted by atomic mass is 10.2. The number of hydrogen-bond donors (Lipinski definition) is 0. The lowest BCUT2D eigenvalue weighted by Crippen LogP contribution is -2.20. The van der Waals surface area contributed by atoms with Crippen LogP contribution in [0.2, 0.25) is 5.02 Å². The molecule has 3 aromatic heterocycles. The number of methoxy groups -OCH3 is 1. The van der Waals surface area contributed by atoms with Gasteiger partial charge in [-0.05, 0) is 46.3 Å². The van der Waals surface area contributed by atoms with E-state index in [-0.39, 0.29) is 33.9 Å². The van der Waals surface area contributed by atoms with Gasteiger partial charge < -0.3 is 13.9 Å². The van der Waals surface area contributed by atoms with E-state index < -0.39 is 10.5 Å². The molecule has 0 spiro atoms. The van der Waals surface area contributed by atoms with Crippen molar-refractivity contribution >= 4 is 61.3 Å². The van der Waals surface area contributed by atoms with E-state index in [0.29, 0.717) is 32.3 Å². The van der Waals surface area contributed by atoms with E-state index in [1.807, 2.05) is 24.3 Å². The van der Waals surface area contributed by atoms with Crippen LogP contribution in [-0.2, 0) is 0 Å². The molecule has 0 aliphatic carbocycles. The maximum atomic E-state index is 13.6. The molecule has 0 saturated carbocycles. The lowest BCUT2D eigenvalue weighted by Gasteiger charge is -2.14. The molecule has 0 aliphatic heterocycles. The van der Waals surface area contributed by atoms with Gasteiger partial charge in [0, 0.05) is 27.6 Å². The minimum Gasteiger partial charge on any atom is -0.493 e. The maximum Gasteiger partial charge on any atom is 0.287 e. The van der Waals surface area contributed by atoms with Crippen LogP contribution in [0.5, 0.6) is 17.4 Å². The second-order valence-corrected chi connectivity index (χ2v) is 9.97. The smallest absolute Gasteiger partial charge is 0.287 e. The molecule has 0 atom stereocenters. The van der Waals surface area contributed by atoms with Gasteiger partial charge in [0.15, 0.2) is 17.3 Å². The van der Waals surface area contributed by atoms with Crippen LogP contribution < -0.4 is 15.0 Å². The second-order valence-electron chi connectivity index (χ2n) is 8.80. The zero-order valence-corrected chi connectivity index (χ0v) is 23.9. The topological polar surface area (TPSA) is 135 Å². The first-order valence-electron chi connectivity index (χ1n) is 12.2. The fourth-order valence-electron chi connectivity index (χ4n) is 4.19. The van der Waals surface area contributed by atoms with Crippen LogP contribution in [0.1, 0.15) is 5.56 Å². The zero-order chi connectivity index (χ0) is 29.4. The summed E-state index contributed by atoms with van der Waals surface area (Å²) in [6.07, 6.45) is 2.50. The third-order valence-corrected chi connectivity index (χ3v) is 7.67. The average molecular weight is 647 g/mol. The van der Waals surface area contributed by atoms with E-state index in [1.54, 1.807) is 36.4 Å². The molecular weight excluding hydrogens is 630 g/mol. The van der Waals surface area contributed by atoms with E-state index in [4.69, 9.17) is 25.5 Å². The number of ether oxygens (including phenoxy) is 2. The highest BCUT2D eigenvalue weighted by Gasteiger charge is 2.20. The van der Waals surface area contributed by atoms with Gasteiger partial charge in [-0.15, -0.1) is 0 Å². The van der Waals surface area contributed by atoms with Crippen molar-refractivity contribution in [2.45, 2.75) is 0 Å². The fraction of sp³-hybridized carbons (Fsp3) is 0.0345. The molecule has 3 aromatic carbocycles. The first-order chi connectivity index (χ1) is 20.3. The molecule has 3 heterocycles. The quantitative estimate of drug-likeness (QED) is 0.101. The van der Waals surface area contributed by atoms with Crippen molar-refractivity contribution in [1.82, 2.24) is 14.6 Å². The van der Waals surface area contributed by atoms with Crippen LogP contribution in [0, 0.1) is 10.1 Å². The summed E-state index contributed by atoms with van der Waals surface area (Å²) in [4.78, 5) is 32.6. The number of nitrogens with zero attached hydrogens (tertiary/aromatic N) is 5. The van der Waals surface area contributed by atoms with Gasteiger partial charge >= 0.3 is 0 Å². The molecule has 0 saturated heterocycles. The van der Waals surface area contributed by atoms with Gasteiger partial charge in [-0.25, -0.2) is 9.97 Å². The predicted octanol–water partition coefficient (Wildman–Crippen LogP) is 7.21. The van der Waals surface area contributed by atoms with Crippen molar-refractivity contribution in [3.05, 3.63) is 115 Å². The summed E-state index contributed by atoms with van der Waals surface area (Å²) >= 11 is 10.1. The molecule has 11 nitrogen and oxygen atoms in total. The van der Waals surface area contributed by atoms with Crippen molar-refractivity contribution < 1.29 is 18.8 Å². The number of aromatic nitrogens is 3. The lowest BCUT2D eigenvalue weighted by molar-refractivity contribution is -0.385. The highest BCUT2D eigenvalue weighted by molar-refractivity contribution is 9.10. The van der Waals surface area contributed by atoms with E-state index >= 15 is 0 Å². The van der Waals surface area contributed by atoms with Crippen LogP contribution >= 0.6 is 27.5 Å². The number of halogens is 2. The Morgan fingerprint density at radius 2 is 1.90 bits per heavy atom. The molecule has 42 heavy (non-hydrogen) atoms. The molecule has 0 fully saturated rings. The van der Waals surface area contributed by atoms with Crippen LogP contribution in [0.4, 0.5) is 5.69 Å². The highest BCUT2D eigenvalue weighted by atomic mass is 79.9. The largest absolute Gasteiger partial charge is 0.493 e. The van der Waals surface area contributed by atoms with Crippen molar-refractivity contribution in [2.75, 3.05) is 7.11 Å². The first kappa shape index (κ1) is 27.1. The number of furan rings is 1. The molecular formula is C29H17BrClN5O6. The Morgan fingerprint density at radius 3 is 2.64 bits per heavy atom. The van der Waals surface area contributed by atoms with E-state index in [1.165, 1.54) is 25.5 Å². The Balaban J connectivity index is 1.44. The SMILES string of the molecule is COc1cc(C=Nn2c(-c3cc4ccccc4o3)nc3ccccc3c2=O)c(Br)c(Cl)c1Oc1ccc([N+](=O)[O-])cn1. The summed E-state index contributed by atoms with van der Waals surface area (Å²) in [5.74, 6) is 0.997. The first-order valence-corrected chi connectivity index (χ1v) is 13.4. The molecule has 0 unspecified atom stereocenters. The van der Waals surface area contributed by atoms with Gasteiger partial charge in [-0.1, -0.05) is 41.9 Å². The zero-order valence-electron chi connectivity index (χ0n) is 21.5. The summed E-state index contributed by atoms with van der Waals surface area (Å²) in [5.41, 5.74) is 1.01. The summed E-state index contributed by atoms with van der Waals surface area (Å²) in [6.45, 7) is 0. The minimum atomic E-state index is -0.564. The molecule has 0 amide bonds. The number of rotatable bonds is 7. The third kappa shape index (κ3) is 4.97. The molecule has 0 aliphatic rings. The molecule has 6 aromatic rings. The predicted molar refractivity (Wildman–Crippen MR) is 161 cm³/mol. The molecule has 0 bridgehead atoms. The fourth-order valence-corrected chi connectivity index (χ4v) is 4.83. The summed E-state index contributed by atoms with van der Waals surface area (Å²) in [6, 6.07) is 20.4. The molecule has 208 valence electrons. The van der Waals surface area contributed by atoms with E-state index in [9.17, 15) is 14.9 Å². The van der Waals surface area contributed by atoms with Crippen molar-refractivity contribution in [3.8, 4) is 29.0 Å². The van der Waals surface area contributed by atoms with Crippen LogP contribution in [0.3, 0.4) is 0 Å². The Kier molecular flexibility index (Phi) is 7.15. The number of nitro groups is 1.